The Hall–Kier alpha value is -2.61. The molecule has 9 heteroatoms. The van der Waals surface area contributed by atoms with E-state index in [2.05, 4.69) is 9.97 Å². The number of methoxy groups -OCH3 is 1. The standard InChI is InChI=1S/C17H15ClFN3O4/c1-26-11-6-7-13(19)12(8-11)17-20-14(9-2-4-10(23)5-3-9)15(22(24)25)16(18)21-17/h6-9H,2-5H2,1H3. The molecule has 0 amide bonds. The Labute approximate surface area is 153 Å². The Balaban J connectivity index is 2.14. The number of Topliss-reactive ketones (excluding diaryl/α,β-unsaturated/α-hetero) is 1. The number of hydrogen-bond acceptors (Lipinski definition) is 6. The fraction of sp³-hybridized carbons (Fsp3) is 0.353. The van der Waals surface area contributed by atoms with Crippen molar-refractivity contribution in [1.82, 2.24) is 9.97 Å². The average Bonchev–Trinajstić information content (AvgIpc) is 2.61. The van der Waals surface area contributed by atoms with Gasteiger partial charge in [0, 0.05) is 18.8 Å². The van der Waals surface area contributed by atoms with Gasteiger partial charge in [-0.25, -0.2) is 14.4 Å². The molecule has 0 saturated heterocycles. The average molecular weight is 380 g/mol. The molecular formula is C17H15ClFN3O4. The molecule has 1 fully saturated rings. The summed E-state index contributed by atoms with van der Waals surface area (Å²) in [6.07, 6.45) is 1.53. The second-order valence-electron chi connectivity index (χ2n) is 5.99. The van der Waals surface area contributed by atoms with Gasteiger partial charge < -0.3 is 4.74 Å². The minimum Gasteiger partial charge on any atom is -0.497 e. The molecule has 1 aromatic heterocycles. The van der Waals surface area contributed by atoms with Gasteiger partial charge in [-0.2, -0.15) is 0 Å². The van der Waals surface area contributed by atoms with Crippen molar-refractivity contribution in [3.8, 4) is 17.1 Å². The SMILES string of the molecule is COc1ccc(F)c(-c2nc(Cl)c([N+](=O)[O-])c(C3CCC(=O)CC3)n2)c1. The summed E-state index contributed by atoms with van der Waals surface area (Å²) in [4.78, 5) is 30.5. The fourth-order valence-electron chi connectivity index (χ4n) is 3.03. The molecular weight excluding hydrogens is 365 g/mol. The summed E-state index contributed by atoms with van der Waals surface area (Å²) < 4.78 is 19.3. The van der Waals surface area contributed by atoms with Gasteiger partial charge in [0.15, 0.2) is 5.82 Å². The van der Waals surface area contributed by atoms with Crippen LogP contribution in [0, 0.1) is 15.9 Å². The topological polar surface area (TPSA) is 95.2 Å². The number of halogens is 2. The Morgan fingerprint density at radius 3 is 2.62 bits per heavy atom. The number of hydrogen-bond donors (Lipinski definition) is 0. The number of nitrogens with zero attached hydrogens (tertiary/aromatic N) is 3. The van der Waals surface area contributed by atoms with Crippen LogP contribution >= 0.6 is 11.6 Å². The van der Waals surface area contributed by atoms with E-state index >= 15 is 0 Å². The molecule has 1 aliphatic rings. The van der Waals surface area contributed by atoms with Crippen LogP contribution in [0.25, 0.3) is 11.4 Å². The van der Waals surface area contributed by atoms with E-state index in [0.717, 1.165) is 0 Å². The van der Waals surface area contributed by atoms with Crippen molar-refractivity contribution < 1.29 is 18.8 Å². The third kappa shape index (κ3) is 3.50. The van der Waals surface area contributed by atoms with Crippen LogP contribution in [0.1, 0.15) is 37.3 Å². The molecule has 1 aliphatic carbocycles. The molecule has 0 radical (unpaired) electrons. The molecule has 0 bridgehead atoms. The van der Waals surface area contributed by atoms with Gasteiger partial charge in [-0.1, -0.05) is 11.6 Å². The lowest BCUT2D eigenvalue weighted by Gasteiger charge is -2.20. The quantitative estimate of drug-likeness (QED) is 0.451. The maximum Gasteiger partial charge on any atom is 0.328 e. The van der Waals surface area contributed by atoms with Crippen LogP contribution in [-0.2, 0) is 4.79 Å². The van der Waals surface area contributed by atoms with Gasteiger partial charge in [0.2, 0.25) is 5.15 Å². The Morgan fingerprint density at radius 2 is 2.00 bits per heavy atom. The van der Waals surface area contributed by atoms with E-state index in [4.69, 9.17) is 16.3 Å². The highest BCUT2D eigenvalue weighted by atomic mass is 35.5. The zero-order valence-corrected chi connectivity index (χ0v) is 14.6. The molecule has 1 saturated carbocycles. The van der Waals surface area contributed by atoms with Crippen molar-refractivity contribution in [3.63, 3.8) is 0 Å². The summed E-state index contributed by atoms with van der Waals surface area (Å²) in [5, 5.41) is 11.1. The van der Waals surface area contributed by atoms with E-state index in [-0.39, 0.29) is 33.9 Å². The van der Waals surface area contributed by atoms with Gasteiger partial charge in [0.1, 0.15) is 23.0 Å². The first-order valence-electron chi connectivity index (χ1n) is 7.98. The normalized spacial score (nSPS) is 15.1. The van der Waals surface area contributed by atoms with Gasteiger partial charge in [-0.05, 0) is 31.0 Å². The van der Waals surface area contributed by atoms with Crippen LogP contribution in [0.4, 0.5) is 10.1 Å². The van der Waals surface area contributed by atoms with Crippen molar-refractivity contribution in [2.75, 3.05) is 7.11 Å². The zero-order chi connectivity index (χ0) is 18.8. The number of ketones is 1. The summed E-state index contributed by atoms with van der Waals surface area (Å²) >= 11 is 6.04. The van der Waals surface area contributed by atoms with Crippen LogP contribution in [0.3, 0.4) is 0 Å². The van der Waals surface area contributed by atoms with Crippen molar-refractivity contribution >= 4 is 23.1 Å². The minimum absolute atomic E-state index is 0.0364. The predicted molar refractivity (Wildman–Crippen MR) is 91.9 cm³/mol. The lowest BCUT2D eigenvalue weighted by molar-refractivity contribution is -0.386. The fourth-order valence-corrected chi connectivity index (χ4v) is 3.28. The summed E-state index contributed by atoms with van der Waals surface area (Å²) in [5.74, 6) is -0.446. The molecule has 0 N–H and O–H groups in total. The van der Waals surface area contributed by atoms with Gasteiger partial charge in [0.25, 0.3) is 0 Å². The number of carbonyl (C=O) groups excluding carboxylic acids is 1. The lowest BCUT2D eigenvalue weighted by atomic mass is 9.85. The van der Waals surface area contributed by atoms with Crippen LogP contribution in [-0.4, -0.2) is 27.8 Å². The van der Waals surface area contributed by atoms with E-state index in [1.165, 1.54) is 25.3 Å². The van der Waals surface area contributed by atoms with Crippen LogP contribution in [0.2, 0.25) is 5.15 Å². The van der Waals surface area contributed by atoms with E-state index < -0.39 is 16.4 Å². The van der Waals surface area contributed by atoms with Crippen molar-refractivity contribution in [1.29, 1.82) is 0 Å². The van der Waals surface area contributed by atoms with Crippen LogP contribution in [0.5, 0.6) is 5.75 Å². The molecule has 3 rings (SSSR count). The second-order valence-corrected chi connectivity index (χ2v) is 6.35. The number of ether oxygens (including phenoxy) is 1. The molecule has 136 valence electrons. The number of benzene rings is 1. The van der Waals surface area contributed by atoms with Crippen molar-refractivity contribution in [2.45, 2.75) is 31.6 Å². The van der Waals surface area contributed by atoms with E-state index in [1.54, 1.807) is 0 Å². The largest absolute Gasteiger partial charge is 0.497 e. The molecule has 0 atom stereocenters. The highest BCUT2D eigenvalue weighted by Crippen LogP contribution is 2.39. The molecule has 1 aromatic carbocycles. The molecule has 0 spiro atoms. The Morgan fingerprint density at radius 1 is 1.31 bits per heavy atom. The maximum atomic E-state index is 14.3. The van der Waals surface area contributed by atoms with Crippen molar-refractivity contribution in [2.24, 2.45) is 0 Å². The van der Waals surface area contributed by atoms with E-state index in [9.17, 15) is 19.3 Å². The van der Waals surface area contributed by atoms with E-state index in [0.29, 0.717) is 31.4 Å². The first-order valence-corrected chi connectivity index (χ1v) is 8.36. The van der Waals surface area contributed by atoms with E-state index in [1.807, 2.05) is 0 Å². The first kappa shape index (κ1) is 18.2. The Bertz CT molecular complexity index is 881. The van der Waals surface area contributed by atoms with Crippen molar-refractivity contribution in [3.05, 3.63) is 45.0 Å². The number of aromatic nitrogens is 2. The highest BCUT2D eigenvalue weighted by molar-refractivity contribution is 6.31. The molecule has 26 heavy (non-hydrogen) atoms. The first-order chi connectivity index (χ1) is 12.4. The summed E-state index contributed by atoms with van der Waals surface area (Å²) in [6, 6.07) is 4.05. The van der Waals surface area contributed by atoms with Gasteiger partial charge in [-0.3, -0.25) is 14.9 Å². The highest BCUT2D eigenvalue weighted by Gasteiger charge is 2.32. The van der Waals surface area contributed by atoms with Gasteiger partial charge in [0.05, 0.1) is 17.6 Å². The van der Waals surface area contributed by atoms with Gasteiger partial charge >= 0.3 is 5.69 Å². The molecule has 0 unspecified atom stereocenters. The monoisotopic (exact) mass is 379 g/mol. The predicted octanol–water partition coefficient (Wildman–Crippen LogP) is 4.08. The van der Waals surface area contributed by atoms with Crippen LogP contribution in [0.15, 0.2) is 18.2 Å². The third-order valence-electron chi connectivity index (χ3n) is 4.40. The summed E-state index contributed by atoms with van der Waals surface area (Å²) in [6.45, 7) is 0. The molecule has 1 heterocycles. The number of nitro groups is 1. The summed E-state index contributed by atoms with van der Waals surface area (Å²) in [5.41, 5.74) is -0.216. The van der Waals surface area contributed by atoms with Crippen LogP contribution < -0.4 is 4.74 Å². The molecule has 0 aliphatic heterocycles. The third-order valence-corrected chi connectivity index (χ3v) is 4.66. The minimum atomic E-state index is -0.639. The maximum absolute atomic E-state index is 14.3. The second kappa shape index (κ2) is 7.33. The molecule has 7 nitrogen and oxygen atoms in total. The van der Waals surface area contributed by atoms with Gasteiger partial charge in [-0.15, -0.1) is 0 Å². The zero-order valence-electron chi connectivity index (χ0n) is 13.9. The lowest BCUT2D eigenvalue weighted by Crippen LogP contribution is -2.16. The Kier molecular flexibility index (Phi) is 5.13. The molecule has 2 aromatic rings. The smallest absolute Gasteiger partial charge is 0.328 e. The number of carbonyl (C=O) groups is 1. The summed E-state index contributed by atoms with van der Waals surface area (Å²) in [7, 11) is 1.44. The number of rotatable bonds is 4.